The van der Waals surface area contributed by atoms with E-state index in [4.69, 9.17) is 9.72 Å². The van der Waals surface area contributed by atoms with Crippen molar-refractivity contribution in [2.75, 3.05) is 6.54 Å². The molecular formula is C23H31N5O2. The predicted octanol–water partition coefficient (Wildman–Crippen LogP) is 4.89. The topological polar surface area (TPSA) is 81.9 Å². The molecule has 7 heteroatoms. The van der Waals surface area contributed by atoms with Crippen LogP contribution >= 0.6 is 0 Å². The molecule has 0 bridgehead atoms. The molecule has 30 heavy (non-hydrogen) atoms. The molecule has 0 saturated heterocycles. The largest absolute Gasteiger partial charge is 0.444 e. The summed E-state index contributed by atoms with van der Waals surface area (Å²) >= 11 is 0. The third-order valence-electron chi connectivity index (χ3n) is 4.68. The fourth-order valence-corrected chi connectivity index (χ4v) is 3.20. The molecule has 0 atom stereocenters. The van der Waals surface area contributed by atoms with E-state index in [9.17, 15) is 4.79 Å². The molecule has 160 valence electrons. The molecule has 0 spiro atoms. The number of para-hydroxylation sites is 1. The Morgan fingerprint density at radius 1 is 1.13 bits per heavy atom. The summed E-state index contributed by atoms with van der Waals surface area (Å²) in [6.45, 7) is 9.13. The highest BCUT2D eigenvalue weighted by atomic mass is 16.6. The summed E-state index contributed by atoms with van der Waals surface area (Å²) in [5.74, 6) is 0. The number of aryl methyl sites for hydroxylation is 2. The lowest BCUT2D eigenvalue weighted by Crippen LogP contribution is -2.32. The maximum Gasteiger partial charge on any atom is 0.407 e. The first-order valence-electron chi connectivity index (χ1n) is 10.5. The number of nitrogens with one attached hydrogen (secondary N) is 1. The molecular weight excluding hydrogens is 378 g/mol. The van der Waals surface area contributed by atoms with Gasteiger partial charge in [-0.1, -0.05) is 25.0 Å². The van der Waals surface area contributed by atoms with Gasteiger partial charge in [0, 0.05) is 24.8 Å². The molecule has 3 aromatic rings. The number of aromatic nitrogens is 4. The Morgan fingerprint density at radius 2 is 1.93 bits per heavy atom. The molecule has 0 aliphatic carbocycles. The minimum atomic E-state index is -0.454. The Bertz CT molecular complexity index is 991. The van der Waals surface area contributed by atoms with E-state index in [2.05, 4.69) is 15.4 Å². The van der Waals surface area contributed by atoms with Gasteiger partial charge in [0.2, 0.25) is 0 Å². The van der Waals surface area contributed by atoms with Crippen molar-refractivity contribution >= 4 is 17.1 Å². The summed E-state index contributed by atoms with van der Waals surface area (Å²) in [6.07, 6.45) is 9.45. The number of nitrogens with zero attached hydrogens (tertiary/aromatic N) is 4. The lowest BCUT2D eigenvalue weighted by Gasteiger charge is -2.19. The SMILES string of the molecule is Cc1cccc2nc(-c3cnn(CCCCCCNC(=O)OC(C)(C)C)c3)cnc12. The number of alkyl carbamates (subject to hydrolysis) is 1. The number of hydrogen-bond donors (Lipinski definition) is 1. The summed E-state index contributed by atoms with van der Waals surface area (Å²) < 4.78 is 7.18. The van der Waals surface area contributed by atoms with Crippen molar-refractivity contribution in [3.63, 3.8) is 0 Å². The molecule has 0 unspecified atom stereocenters. The second kappa shape index (κ2) is 9.69. The van der Waals surface area contributed by atoms with Crippen LogP contribution in [0.3, 0.4) is 0 Å². The van der Waals surface area contributed by atoms with E-state index in [1.54, 1.807) is 0 Å². The number of unbranched alkanes of at least 4 members (excludes halogenated alkanes) is 3. The lowest BCUT2D eigenvalue weighted by molar-refractivity contribution is 0.0527. The fraction of sp³-hybridized carbons (Fsp3) is 0.478. The van der Waals surface area contributed by atoms with Crippen LogP contribution in [0.15, 0.2) is 36.8 Å². The van der Waals surface area contributed by atoms with Crippen LogP contribution in [-0.4, -0.2) is 38.0 Å². The predicted molar refractivity (Wildman–Crippen MR) is 118 cm³/mol. The standard InChI is InChI=1S/C23H31N5O2/c1-17-10-9-11-19-21(17)25-15-20(27-19)18-14-26-28(16-18)13-8-6-5-7-12-24-22(29)30-23(2,3)4/h9-11,14-16H,5-8,12-13H2,1-4H3,(H,24,29). The highest BCUT2D eigenvalue weighted by molar-refractivity contribution is 5.79. The highest BCUT2D eigenvalue weighted by Gasteiger charge is 2.15. The van der Waals surface area contributed by atoms with Crippen LogP contribution < -0.4 is 5.32 Å². The summed E-state index contributed by atoms with van der Waals surface area (Å²) in [5.41, 5.74) is 4.34. The van der Waals surface area contributed by atoms with E-state index < -0.39 is 5.60 Å². The van der Waals surface area contributed by atoms with Crippen molar-refractivity contribution < 1.29 is 9.53 Å². The van der Waals surface area contributed by atoms with Crippen LogP contribution in [0, 0.1) is 6.92 Å². The molecule has 0 radical (unpaired) electrons. The zero-order valence-corrected chi connectivity index (χ0v) is 18.3. The number of carbonyl (C=O) groups is 1. The summed E-state index contributed by atoms with van der Waals surface area (Å²) in [5, 5.41) is 7.25. The molecule has 0 aliphatic rings. The zero-order valence-electron chi connectivity index (χ0n) is 18.3. The lowest BCUT2D eigenvalue weighted by atomic mass is 10.2. The van der Waals surface area contributed by atoms with Gasteiger partial charge in [-0.15, -0.1) is 0 Å². The van der Waals surface area contributed by atoms with Crippen LogP contribution in [0.25, 0.3) is 22.3 Å². The van der Waals surface area contributed by atoms with Gasteiger partial charge < -0.3 is 10.1 Å². The van der Waals surface area contributed by atoms with Crippen LogP contribution in [0.5, 0.6) is 0 Å². The third-order valence-corrected chi connectivity index (χ3v) is 4.68. The van der Waals surface area contributed by atoms with E-state index in [-0.39, 0.29) is 6.09 Å². The van der Waals surface area contributed by atoms with Crippen molar-refractivity contribution in [3.05, 3.63) is 42.4 Å². The summed E-state index contributed by atoms with van der Waals surface area (Å²) in [7, 11) is 0. The Labute approximate surface area is 177 Å². The van der Waals surface area contributed by atoms with Gasteiger partial charge in [0.1, 0.15) is 5.60 Å². The smallest absolute Gasteiger partial charge is 0.407 e. The molecule has 0 fully saturated rings. The van der Waals surface area contributed by atoms with Gasteiger partial charge in [-0.2, -0.15) is 5.10 Å². The van der Waals surface area contributed by atoms with Gasteiger partial charge in [0.15, 0.2) is 0 Å². The number of hydrogen-bond acceptors (Lipinski definition) is 5. The third kappa shape index (κ3) is 6.27. The number of ether oxygens (including phenoxy) is 1. The number of benzene rings is 1. The zero-order chi connectivity index (χ0) is 21.6. The molecule has 0 saturated carbocycles. The van der Waals surface area contributed by atoms with Crippen LogP contribution in [0.2, 0.25) is 0 Å². The minimum absolute atomic E-state index is 0.349. The Kier molecular flexibility index (Phi) is 7.03. The van der Waals surface area contributed by atoms with E-state index in [0.717, 1.165) is 60.1 Å². The van der Waals surface area contributed by atoms with Crippen molar-refractivity contribution in [1.82, 2.24) is 25.1 Å². The second-order valence-electron chi connectivity index (χ2n) is 8.53. The highest BCUT2D eigenvalue weighted by Crippen LogP contribution is 2.20. The van der Waals surface area contributed by atoms with Crippen LogP contribution in [0.1, 0.15) is 52.0 Å². The summed E-state index contributed by atoms with van der Waals surface area (Å²) in [4.78, 5) is 20.9. The van der Waals surface area contributed by atoms with Gasteiger partial charge in [-0.05, 0) is 52.2 Å². The average molecular weight is 410 g/mol. The van der Waals surface area contributed by atoms with Gasteiger partial charge in [0.25, 0.3) is 0 Å². The molecule has 0 aliphatic heterocycles. The number of rotatable bonds is 8. The van der Waals surface area contributed by atoms with Crippen LogP contribution in [-0.2, 0) is 11.3 Å². The first kappa shape index (κ1) is 21.7. The van der Waals surface area contributed by atoms with Gasteiger partial charge in [0.05, 0.1) is 29.1 Å². The maximum absolute atomic E-state index is 11.6. The van der Waals surface area contributed by atoms with Crippen molar-refractivity contribution in [2.24, 2.45) is 0 Å². The van der Waals surface area contributed by atoms with E-state index in [1.165, 1.54) is 0 Å². The number of carbonyl (C=O) groups excluding carboxylic acids is 1. The van der Waals surface area contributed by atoms with Gasteiger partial charge in [-0.3, -0.25) is 9.67 Å². The summed E-state index contributed by atoms with van der Waals surface area (Å²) in [6, 6.07) is 6.03. The Morgan fingerprint density at radius 3 is 2.73 bits per heavy atom. The second-order valence-corrected chi connectivity index (χ2v) is 8.53. The van der Waals surface area contributed by atoms with Crippen molar-refractivity contribution in [1.29, 1.82) is 0 Å². The van der Waals surface area contributed by atoms with Gasteiger partial charge in [-0.25, -0.2) is 9.78 Å². The molecule has 1 N–H and O–H groups in total. The fourth-order valence-electron chi connectivity index (χ4n) is 3.20. The Balaban J connectivity index is 1.40. The molecule has 1 aromatic carbocycles. The quantitative estimate of drug-likeness (QED) is 0.536. The number of amides is 1. The normalized spacial score (nSPS) is 11.6. The van der Waals surface area contributed by atoms with Crippen molar-refractivity contribution in [2.45, 2.75) is 65.5 Å². The molecule has 1 amide bonds. The number of fused-ring (bicyclic) bond motifs is 1. The van der Waals surface area contributed by atoms with E-state index >= 15 is 0 Å². The van der Waals surface area contributed by atoms with E-state index in [0.29, 0.717) is 6.54 Å². The monoisotopic (exact) mass is 409 g/mol. The minimum Gasteiger partial charge on any atom is -0.444 e. The average Bonchev–Trinajstić information content (AvgIpc) is 3.15. The first-order valence-corrected chi connectivity index (χ1v) is 10.5. The molecule has 7 nitrogen and oxygen atoms in total. The Hall–Kier alpha value is -2.96. The van der Waals surface area contributed by atoms with Gasteiger partial charge >= 0.3 is 6.09 Å². The van der Waals surface area contributed by atoms with Crippen LogP contribution in [0.4, 0.5) is 4.79 Å². The molecule has 2 heterocycles. The van der Waals surface area contributed by atoms with Crippen molar-refractivity contribution in [3.8, 4) is 11.3 Å². The molecule has 2 aromatic heterocycles. The molecule has 3 rings (SSSR count). The maximum atomic E-state index is 11.6. The first-order chi connectivity index (χ1) is 14.3. The van der Waals surface area contributed by atoms with E-state index in [1.807, 2.05) is 69.2 Å².